The van der Waals surface area contributed by atoms with E-state index < -0.39 is 0 Å². The lowest BCUT2D eigenvalue weighted by Crippen LogP contribution is -2.38. The zero-order valence-electron chi connectivity index (χ0n) is 24.5. The molecule has 2 aliphatic carbocycles. The van der Waals surface area contributed by atoms with Crippen molar-refractivity contribution in [3.05, 3.63) is 54.2 Å². The Hall–Kier alpha value is -3.99. The van der Waals surface area contributed by atoms with Gasteiger partial charge in [-0.1, -0.05) is 32.6 Å². The van der Waals surface area contributed by atoms with Crippen LogP contribution in [-0.2, 0) is 16.1 Å². The summed E-state index contributed by atoms with van der Waals surface area (Å²) in [6.45, 7) is 8.22. The van der Waals surface area contributed by atoms with E-state index in [-0.39, 0.29) is 41.8 Å². The molecule has 3 aromatic rings. The monoisotopic (exact) mass is 574 g/mol. The zero-order valence-corrected chi connectivity index (χ0v) is 24.5. The number of aliphatic hydroxyl groups is 1. The summed E-state index contributed by atoms with van der Waals surface area (Å²) in [5.41, 5.74) is 3.55. The van der Waals surface area contributed by atoms with Gasteiger partial charge in [-0.3, -0.25) is 9.59 Å². The molecule has 2 amide bonds. The standard InChI is InChI=1S/C31H42N8O3/c1-4-27(41)34-22-10-8-21(9-11-22)29(42)35-24-7-5-6-20(16-24)17-32-31-38-30(36-23-12-14-25(40)15-13-23)37-28-26(19(2)3)18-33-39(28)31/h4-7,16,18-19,21-23,25,40H,1,8-15,17H2,2-3H3,(H,34,41)(H,35,42)(H2,32,36,37,38)/t21-,22+,23-,25-. The summed E-state index contributed by atoms with van der Waals surface area (Å²) in [6, 6.07) is 8.11. The van der Waals surface area contributed by atoms with Gasteiger partial charge >= 0.3 is 0 Å². The minimum atomic E-state index is -0.224. The van der Waals surface area contributed by atoms with Gasteiger partial charge in [-0.2, -0.15) is 19.6 Å². The number of fused-ring (bicyclic) bond motifs is 1. The van der Waals surface area contributed by atoms with Crippen LogP contribution in [-0.4, -0.2) is 54.7 Å². The number of benzene rings is 1. The highest BCUT2D eigenvalue weighted by Crippen LogP contribution is 2.27. The predicted molar refractivity (Wildman–Crippen MR) is 163 cm³/mol. The number of hydrogen-bond donors (Lipinski definition) is 5. The van der Waals surface area contributed by atoms with Gasteiger partial charge < -0.3 is 26.4 Å². The molecular weight excluding hydrogens is 532 g/mol. The lowest BCUT2D eigenvalue weighted by Gasteiger charge is -2.28. The Morgan fingerprint density at radius 3 is 2.52 bits per heavy atom. The van der Waals surface area contributed by atoms with Crippen LogP contribution in [0.3, 0.4) is 0 Å². The van der Waals surface area contributed by atoms with Crippen molar-refractivity contribution in [1.82, 2.24) is 24.9 Å². The minimum Gasteiger partial charge on any atom is -0.393 e. The van der Waals surface area contributed by atoms with Crippen LogP contribution < -0.4 is 21.3 Å². The molecule has 42 heavy (non-hydrogen) atoms. The largest absolute Gasteiger partial charge is 0.393 e. The highest BCUT2D eigenvalue weighted by Gasteiger charge is 2.27. The molecule has 5 N–H and O–H groups in total. The van der Waals surface area contributed by atoms with Gasteiger partial charge in [0.1, 0.15) is 0 Å². The minimum absolute atomic E-state index is 0.00909. The number of rotatable bonds is 10. The molecule has 0 bridgehead atoms. The second-order valence-corrected chi connectivity index (χ2v) is 11.8. The van der Waals surface area contributed by atoms with Crippen LogP contribution in [0.5, 0.6) is 0 Å². The molecule has 2 fully saturated rings. The maximum absolute atomic E-state index is 13.0. The van der Waals surface area contributed by atoms with Crippen LogP contribution in [0.15, 0.2) is 43.1 Å². The molecule has 11 nitrogen and oxygen atoms in total. The molecule has 0 saturated heterocycles. The number of carbonyl (C=O) groups excluding carboxylic acids is 2. The summed E-state index contributed by atoms with van der Waals surface area (Å²) in [5.74, 6) is 1.15. The number of hydrogen-bond acceptors (Lipinski definition) is 8. The average molecular weight is 575 g/mol. The van der Waals surface area contributed by atoms with Crippen LogP contribution in [0.4, 0.5) is 17.6 Å². The van der Waals surface area contributed by atoms with Gasteiger partial charge in [0.2, 0.25) is 23.7 Å². The predicted octanol–water partition coefficient (Wildman–Crippen LogP) is 4.37. The topological polar surface area (TPSA) is 146 Å². The van der Waals surface area contributed by atoms with E-state index in [1.807, 2.05) is 30.5 Å². The molecule has 2 heterocycles. The van der Waals surface area contributed by atoms with Crippen LogP contribution in [0, 0.1) is 5.92 Å². The molecular formula is C31H42N8O3. The van der Waals surface area contributed by atoms with Crippen LogP contribution in [0.1, 0.15) is 82.3 Å². The fourth-order valence-corrected chi connectivity index (χ4v) is 5.83. The first kappa shape index (κ1) is 29.5. The van der Waals surface area contributed by atoms with Gasteiger partial charge in [-0.25, -0.2) is 0 Å². The lowest BCUT2D eigenvalue weighted by molar-refractivity contribution is -0.121. The van der Waals surface area contributed by atoms with Gasteiger partial charge in [0, 0.05) is 35.8 Å². The second-order valence-electron chi connectivity index (χ2n) is 11.8. The van der Waals surface area contributed by atoms with Gasteiger partial charge in [0.15, 0.2) is 5.65 Å². The van der Waals surface area contributed by atoms with Crippen LogP contribution in [0.2, 0.25) is 0 Å². The van der Waals surface area contributed by atoms with Crippen molar-refractivity contribution < 1.29 is 14.7 Å². The van der Waals surface area contributed by atoms with E-state index in [2.05, 4.69) is 46.8 Å². The van der Waals surface area contributed by atoms with E-state index in [4.69, 9.17) is 9.97 Å². The first-order valence-electron chi connectivity index (χ1n) is 15.1. The Labute approximate surface area is 246 Å². The lowest BCUT2D eigenvalue weighted by atomic mass is 9.85. The van der Waals surface area contributed by atoms with Crippen molar-refractivity contribution in [1.29, 1.82) is 0 Å². The normalized spacial score (nSPS) is 22.5. The third-order valence-corrected chi connectivity index (χ3v) is 8.32. The number of nitrogens with zero attached hydrogens (tertiary/aromatic N) is 4. The number of aromatic nitrogens is 4. The first-order chi connectivity index (χ1) is 20.3. The number of carbonyl (C=O) groups is 2. The van der Waals surface area contributed by atoms with E-state index in [0.29, 0.717) is 18.4 Å². The average Bonchev–Trinajstić information content (AvgIpc) is 3.42. The van der Waals surface area contributed by atoms with Crippen molar-refractivity contribution in [2.45, 2.75) is 95.9 Å². The van der Waals surface area contributed by atoms with E-state index >= 15 is 0 Å². The number of amides is 2. The molecule has 2 saturated carbocycles. The van der Waals surface area contributed by atoms with Crippen molar-refractivity contribution in [2.24, 2.45) is 5.92 Å². The molecule has 0 aliphatic heterocycles. The summed E-state index contributed by atoms with van der Waals surface area (Å²) in [6.07, 6.45) is 9.23. The highest BCUT2D eigenvalue weighted by molar-refractivity contribution is 5.92. The molecule has 0 unspecified atom stereocenters. The van der Waals surface area contributed by atoms with Gasteiger partial charge in [-0.05, 0) is 81.1 Å². The Balaban J connectivity index is 1.24. The summed E-state index contributed by atoms with van der Waals surface area (Å²) >= 11 is 0. The Morgan fingerprint density at radius 2 is 1.81 bits per heavy atom. The van der Waals surface area contributed by atoms with Gasteiger partial charge in [-0.15, -0.1) is 0 Å². The van der Waals surface area contributed by atoms with Crippen molar-refractivity contribution >= 4 is 35.0 Å². The maximum Gasteiger partial charge on any atom is 0.243 e. The molecule has 2 aliphatic rings. The number of aliphatic hydroxyl groups excluding tert-OH is 1. The van der Waals surface area contributed by atoms with Crippen LogP contribution in [0.25, 0.3) is 5.65 Å². The zero-order chi connectivity index (χ0) is 29.6. The summed E-state index contributed by atoms with van der Waals surface area (Å²) < 4.78 is 1.74. The van der Waals surface area contributed by atoms with Gasteiger partial charge in [0.25, 0.3) is 0 Å². The Kier molecular flexibility index (Phi) is 9.36. The van der Waals surface area contributed by atoms with Crippen LogP contribution >= 0.6 is 0 Å². The molecule has 0 atom stereocenters. The molecule has 0 spiro atoms. The summed E-state index contributed by atoms with van der Waals surface area (Å²) in [4.78, 5) is 34.1. The van der Waals surface area contributed by atoms with E-state index in [1.54, 1.807) is 4.52 Å². The summed E-state index contributed by atoms with van der Waals surface area (Å²) in [5, 5.41) is 27.4. The SMILES string of the molecule is C=CC(=O)N[C@H]1CC[C@@H](C(=O)Nc2cccc(CNc3nc(N[C@H]4CC[C@H](O)CC4)nc4c(C(C)C)cnn34)c2)CC1. The highest BCUT2D eigenvalue weighted by atomic mass is 16.3. The smallest absolute Gasteiger partial charge is 0.243 e. The fourth-order valence-electron chi connectivity index (χ4n) is 5.83. The molecule has 11 heteroatoms. The van der Waals surface area contributed by atoms with Crippen molar-refractivity contribution in [2.75, 3.05) is 16.0 Å². The van der Waals surface area contributed by atoms with Crippen molar-refractivity contribution in [3.63, 3.8) is 0 Å². The first-order valence-corrected chi connectivity index (χ1v) is 15.1. The van der Waals surface area contributed by atoms with E-state index in [1.165, 1.54) is 6.08 Å². The number of anilines is 3. The fraction of sp³-hybridized carbons (Fsp3) is 0.516. The molecule has 224 valence electrons. The molecule has 1 aromatic carbocycles. The quantitative estimate of drug-likeness (QED) is 0.224. The van der Waals surface area contributed by atoms with E-state index in [9.17, 15) is 14.7 Å². The molecule has 2 aromatic heterocycles. The van der Waals surface area contributed by atoms with E-state index in [0.717, 1.165) is 73.8 Å². The Morgan fingerprint density at radius 1 is 1.07 bits per heavy atom. The second kappa shape index (κ2) is 13.3. The molecule has 5 rings (SSSR count). The summed E-state index contributed by atoms with van der Waals surface area (Å²) in [7, 11) is 0. The third kappa shape index (κ3) is 7.25. The maximum atomic E-state index is 13.0. The molecule has 0 radical (unpaired) electrons. The third-order valence-electron chi connectivity index (χ3n) is 8.32. The number of nitrogens with one attached hydrogen (secondary N) is 4. The van der Waals surface area contributed by atoms with Crippen molar-refractivity contribution in [3.8, 4) is 0 Å². The van der Waals surface area contributed by atoms with Gasteiger partial charge in [0.05, 0.1) is 12.3 Å². The Bertz CT molecular complexity index is 1400.